The minimum atomic E-state index is -0.372. The Labute approximate surface area is 95.4 Å². The van der Waals surface area contributed by atoms with E-state index in [9.17, 15) is 9.59 Å². The lowest BCUT2D eigenvalue weighted by Crippen LogP contribution is -2.54. The number of imide groups is 1. The molecule has 86 valence electrons. The highest BCUT2D eigenvalue weighted by Crippen LogP contribution is 2.40. The molecular weight excluding hydrogens is 210 g/mol. The van der Waals surface area contributed by atoms with Crippen molar-refractivity contribution in [1.29, 1.82) is 0 Å². The summed E-state index contributed by atoms with van der Waals surface area (Å²) >= 11 is 1.53. The molecule has 1 aliphatic heterocycles. The molecule has 2 amide bonds. The van der Waals surface area contributed by atoms with Crippen LogP contribution in [0.5, 0.6) is 0 Å². The molecule has 0 spiro atoms. The molecule has 0 aliphatic carbocycles. The molecule has 1 aliphatic rings. The fraction of sp³-hybridized carbons (Fsp3) is 0.818. The number of nitrogens with one attached hydrogen (secondary N) is 1. The van der Waals surface area contributed by atoms with Gasteiger partial charge in [-0.25, -0.2) is 0 Å². The maximum Gasteiger partial charge on any atom is 0.242 e. The molecule has 4 heteroatoms. The molecule has 1 heterocycles. The van der Waals surface area contributed by atoms with Gasteiger partial charge < -0.3 is 0 Å². The third-order valence-electron chi connectivity index (χ3n) is 2.93. The van der Waals surface area contributed by atoms with Gasteiger partial charge in [0.05, 0.1) is 10.00 Å². The highest BCUT2D eigenvalue weighted by Gasteiger charge is 2.44. The van der Waals surface area contributed by atoms with Crippen molar-refractivity contribution in [2.24, 2.45) is 0 Å². The highest BCUT2D eigenvalue weighted by molar-refractivity contribution is 8.02. The van der Waals surface area contributed by atoms with E-state index in [1.807, 2.05) is 13.8 Å². The number of carbonyl (C=O) groups is 2. The fourth-order valence-corrected chi connectivity index (χ4v) is 3.26. The number of carbonyl (C=O) groups excluding carboxylic acids is 2. The number of unbranched alkanes of at least 4 members (excludes halogenated alkanes) is 1. The van der Waals surface area contributed by atoms with E-state index in [0.29, 0.717) is 0 Å². The van der Waals surface area contributed by atoms with Crippen molar-refractivity contribution in [2.75, 3.05) is 0 Å². The molecule has 0 aromatic rings. The van der Waals surface area contributed by atoms with Crippen LogP contribution in [0.15, 0.2) is 0 Å². The van der Waals surface area contributed by atoms with E-state index in [-0.39, 0.29) is 21.8 Å². The molecule has 0 aromatic heterocycles. The lowest BCUT2D eigenvalue weighted by molar-refractivity contribution is -0.132. The maximum absolute atomic E-state index is 11.9. The van der Waals surface area contributed by atoms with Crippen LogP contribution < -0.4 is 5.32 Å². The Bertz CT molecular complexity index is 267. The number of rotatable bonds is 4. The van der Waals surface area contributed by atoms with E-state index in [4.69, 9.17) is 0 Å². The van der Waals surface area contributed by atoms with Crippen LogP contribution in [0.25, 0.3) is 0 Å². The van der Waals surface area contributed by atoms with Gasteiger partial charge in [0, 0.05) is 0 Å². The first-order valence-electron chi connectivity index (χ1n) is 5.59. The van der Waals surface area contributed by atoms with Crippen molar-refractivity contribution in [3.63, 3.8) is 0 Å². The molecule has 2 unspecified atom stereocenters. The average molecular weight is 229 g/mol. The molecule has 0 saturated carbocycles. The Morgan fingerprint density at radius 1 is 1.40 bits per heavy atom. The van der Waals surface area contributed by atoms with E-state index < -0.39 is 0 Å². The molecule has 0 bridgehead atoms. The zero-order chi connectivity index (χ0) is 11.5. The summed E-state index contributed by atoms with van der Waals surface area (Å²) in [5.74, 6) is -0.239. The first-order valence-corrected chi connectivity index (χ1v) is 6.47. The van der Waals surface area contributed by atoms with Crippen molar-refractivity contribution in [3.05, 3.63) is 0 Å². The van der Waals surface area contributed by atoms with Gasteiger partial charge in [-0.1, -0.05) is 26.7 Å². The molecule has 3 nitrogen and oxygen atoms in total. The second-order valence-corrected chi connectivity index (χ2v) is 5.75. The molecule has 1 rings (SSSR count). The normalized spacial score (nSPS) is 31.5. The van der Waals surface area contributed by atoms with Crippen LogP contribution in [0.2, 0.25) is 0 Å². The van der Waals surface area contributed by atoms with Crippen molar-refractivity contribution in [3.8, 4) is 0 Å². The van der Waals surface area contributed by atoms with Gasteiger partial charge in [-0.15, -0.1) is 11.8 Å². The Balaban J connectivity index is 2.78. The molecular formula is C11H19NO2S. The summed E-state index contributed by atoms with van der Waals surface area (Å²) in [5.41, 5.74) is 0. The second-order valence-electron chi connectivity index (χ2n) is 4.03. The van der Waals surface area contributed by atoms with Gasteiger partial charge in [0.2, 0.25) is 11.8 Å². The van der Waals surface area contributed by atoms with Crippen LogP contribution in [0, 0.1) is 0 Å². The Morgan fingerprint density at radius 3 is 2.60 bits per heavy atom. The summed E-state index contributed by atoms with van der Waals surface area (Å²) in [6, 6.07) is 0. The third-order valence-corrected chi connectivity index (χ3v) is 4.62. The van der Waals surface area contributed by atoms with Crippen molar-refractivity contribution >= 4 is 23.6 Å². The van der Waals surface area contributed by atoms with E-state index in [1.165, 1.54) is 11.8 Å². The molecule has 2 atom stereocenters. The predicted molar refractivity (Wildman–Crippen MR) is 62.7 cm³/mol. The van der Waals surface area contributed by atoms with E-state index in [1.54, 1.807) is 0 Å². The van der Waals surface area contributed by atoms with Gasteiger partial charge >= 0.3 is 0 Å². The van der Waals surface area contributed by atoms with Crippen LogP contribution in [-0.2, 0) is 9.59 Å². The summed E-state index contributed by atoms with van der Waals surface area (Å²) < 4.78 is -0.372. The molecule has 1 N–H and O–H groups in total. The number of hydrogen-bond acceptors (Lipinski definition) is 3. The first-order chi connectivity index (χ1) is 7.05. The minimum Gasteiger partial charge on any atom is -0.294 e. The van der Waals surface area contributed by atoms with Crippen molar-refractivity contribution < 1.29 is 9.59 Å². The molecule has 1 saturated heterocycles. The minimum absolute atomic E-state index is 0.0912. The van der Waals surface area contributed by atoms with Crippen LogP contribution >= 0.6 is 11.8 Å². The standard InChI is InChI=1S/C11H19NO2S/c1-4-6-7-11(5-2)10(14)12-9(13)8(3)15-11/h8H,4-7H2,1-3H3,(H,12,13,14). The molecule has 15 heavy (non-hydrogen) atoms. The van der Waals surface area contributed by atoms with Crippen LogP contribution in [0.4, 0.5) is 0 Å². The lowest BCUT2D eigenvalue weighted by atomic mass is 9.96. The lowest BCUT2D eigenvalue weighted by Gasteiger charge is -2.36. The Hall–Kier alpha value is -0.510. The molecule has 0 radical (unpaired) electrons. The van der Waals surface area contributed by atoms with Gasteiger partial charge in [0.15, 0.2) is 0 Å². The van der Waals surface area contributed by atoms with Crippen molar-refractivity contribution in [1.82, 2.24) is 5.32 Å². The summed E-state index contributed by atoms with van der Waals surface area (Å²) in [4.78, 5) is 23.2. The summed E-state index contributed by atoms with van der Waals surface area (Å²) in [7, 11) is 0. The SMILES string of the molecule is CCCCC1(CC)SC(C)C(=O)NC1=O. The first kappa shape index (κ1) is 12.6. The topological polar surface area (TPSA) is 46.2 Å². The number of thioether (sulfide) groups is 1. The third kappa shape index (κ3) is 2.54. The Morgan fingerprint density at radius 2 is 2.07 bits per heavy atom. The van der Waals surface area contributed by atoms with Crippen LogP contribution in [-0.4, -0.2) is 21.8 Å². The van der Waals surface area contributed by atoms with Gasteiger partial charge in [-0.05, 0) is 19.8 Å². The monoisotopic (exact) mass is 229 g/mol. The summed E-state index contributed by atoms with van der Waals surface area (Å²) in [5, 5.41) is 2.37. The van der Waals surface area contributed by atoms with Crippen molar-refractivity contribution in [2.45, 2.75) is 56.5 Å². The maximum atomic E-state index is 11.9. The molecule has 0 aromatic carbocycles. The number of amides is 2. The quantitative estimate of drug-likeness (QED) is 0.751. The highest BCUT2D eigenvalue weighted by atomic mass is 32.2. The average Bonchev–Trinajstić information content (AvgIpc) is 2.22. The van der Waals surface area contributed by atoms with Crippen LogP contribution in [0.1, 0.15) is 46.5 Å². The zero-order valence-electron chi connectivity index (χ0n) is 9.63. The van der Waals surface area contributed by atoms with E-state index in [2.05, 4.69) is 12.2 Å². The van der Waals surface area contributed by atoms with Gasteiger partial charge in [-0.2, -0.15) is 0 Å². The van der Waals surface area contributed by atoms with Crippen LogP contribution in [0.3, 0.4) is 0 Å². The number of hydrogen-bond donors (Lipinski definition) is 1. The summed E-state index contributed by atoms with van der Waals surface area (Å²) in [6.45, 7) is 6.00. The second kappa shape index (κ2) is 5.01. The summed E-state index contributed by atoms with van der Waals surface area (Å²) in [6.07, 6.45) is 3.78. The van der Waals surface area contributed by atoms with Gasteiger partial charge in [0.25, 0.3) is 0 Å². The van der Waals surface area contributed by atoms with Gasteiger partial charge in [0.1, 0.15) is 0 Å². The van der Waals surface area contributed by atoms with E-state index in [0.717, 1.165) is 25.7 Å². The predicted octanol–water partition coefficient (Wildman–Crippen LogP) is 2.10. The smallest absolute Gasteiger partial charge is 0.242 e. The largest absolute Gasteiger partial charge is 0.294 e. The van der Waals surface area contributed by atoms with Gasteiger partial charge in [-0.3, -0.25) is 14.9 Å². The molecule has 1 fully saturated rings. The zero-order valence-corrected chi connectivity index (χ0v) is 10.4. The Kier molecular flexibility index (Phi) is 4.20. The van der Waals surface area contributed by atoms with E-state index >= 15 is 0 Å². The fourth-order valence-electron chi connectivity index (χ4n) is 1.83.